The van der Waals surface area contributed by atoms with Gasteiger partial charge in [0.05, 0.1) is 6.61 Å². The third kappa shape index (κ3) is 5.22. The van der Waals surface area contributed by atoms with Crippen molar-refractivity contribution in [1.29, 1.82) is 0 Å². The Hall–Kier alpha value is -3.24. The number of ether oxygens (including phenoxy) is 4. The first kappa shape index (κ1) is 21.5. The average Bonchev–Trinajstić information content (AvgIpc) is 3.02. The summed E-state index contributed by atoms with van der Waals surface area (Å²) in [5.41, 5.74) is -0.443. The molecule has 10 heteroatoms. The van der Waals surface area contributed by atoms with E-state index in [1.165, 1.54) is 20.0 Å². The van der Waals surface area contributed by atoms with E-state index in [2.05, 4.69) is 4.98 Å². The number of aromatic amines is 1. The molecule has 0 spiro atoms. The standard InChI is InChI=1S/C20H22N2O8/c1-12(23)27-11-15-17(28-10-14-6-4-3-5-7-14)18(29-13(2)24)19(30-15)22-9-8-16(25)21-20(22)26/h3-9,15,17-19H,10-11H2,1-2H3,(H,21,25,26)/t15-,17-,18-,19-/m0/s1. The Morgan fingerprint density at radius 1 is 1.07 bits per heavy atom. The minimum absolute atomic E-state index is 0.166. The fourth-order valence-electron chi connectivity index (χ4n) is 3.18. The Kier molecular flexibility index (Phi) is 6.80. The van der Waals surface area contributed by atoms with Crippen LogP contribution in [0.2, 0.25) is 0 Å². The predicted octanol–water partition coefficient (Wildman–Crippen LogP) is 0.514. The minimum atomic E-state index is -1.08. The van der Waals surface area contributed by atoms with E-state index in [1.807, 2.05) is 30.3 Å². The number of nitrogens with zero attached hydrogens (tertiary/aromatic N) is 1. The highest BCUT2D eigenvalue weighted by molar-refractivity contribution is 5.66. The van der Waals surface area contributed by atoms with Crippen molar-refractivity contribution in [2.45, 2.75) is 45.0 Å². The molecule has 2 aromatic rings. The molecule has 4 atom stereocenters. The maximum Gasteiger partial charge on any atom is 0.330 e. The molecule has 0 unspecified atom stereocenters. The van der Waals surface area contributed by atoms with Crippen LogP contribution in [0.4, 0.5) is 0 Å². The van der Waals surface area contributed by atoms with E-state index < -0.39 is 47.7 Å². The lowest BCUT2D eigenvalue weighted by Gasteiger charge is -2.24. The third-order valence-electron chi connectivity index (χ3n) is 4.45. The van der Waals surface area contributed by atoms with Gasteiger partial charge in [0.1, 0.15) is 18.8 Å². The quantitative estimate of drug-likeness (QED) is 0.645. The van der Waals surface area contributed by atoms with Gasteiger partial charge in [-0.05, 0) is 5.56 Å². The van der Waals surface area contributed by atoms with Crippen LogP contribution in [0, 0.1) is 0 Å². The zero-order chi connectivity index (χ0) is 21.7. The topological polar surface area (TPSA) is 126 Å². The maximum atomic E-state index is 12.3. The molecule has 1 aliphatic rings. The number of hydrogen-bond acceptors (Lipinski definition) is 8. The molecule has 160 valence electrons. The van der Waals surface area contributed by atoms with E-state index in [0.717, 1.165) is 16.2 Å². The Morgan fingerprint density at radius 3 is 2.43 bits per heavy atom. The summed E-state index contributed by atoms with van der Waals surface area (Å²) in [5.74, 6) is -1.12. The Balaban J connectivity index is 1.91. The van der Waals surface area contributed by atoms with E-state index in [0.29, 0.717) is 0 Å². The smallest absolute Gasteiger partial charge is 0.330 e. The van der Waals surface area contributed by atoms with Gasteiger partial charge in [-0.25, -0.2) is 4.79 Å². The van der Waals surface area contributed by atoms with Gasteiger partial charge in [-0.3, -0.25) is 23.9 Å². The first-order valence-corrected chi connectivity index (χ1v) is 9.28. The zero-order valence-electron chi connectivity index (χ0n) is 16.5. The highest BCUT2D eigenvalue weighted by Crippen LogP contribution is 2.34. The molecule has 1 aliphatic heterocycles. The first-order valence-electron chi connectivity index (χ1n) is 9.28. The number of nitrogens with one attached hydrogen (secondary N) is 1. The third-order valence-corrected chi connectivity index (χ3v) is 4.45. The van der Waals surface area contributed by atoms with E-state index in [1.54, 1.807) is 0 Å². The minimum Gasteiger partial charge on any atom is -0.463 e. The number of carbonyl (C=O) groups excluding carboxylic acids is 2. The summed E-state index contributed by atoms with van der Waals surface area (Å²) in [6.45, 7) is 2.49. The van der Waals surface area contributed by atoms with Crippen LogP contribution in [-0.2, 0) is 35.1 Å². The molecule has 1 aromatic carbocycles. The number of hydrogen-bond donors (Lipinski definition) is 1. The normalized spacial score (nSPS) is 23.1. The summed E-state index contributed by atoms with van der Waals surface area (Å²) in [6.07, 6.45) is -2.51. The van der Waals surface area contributed by atoms with E-state index in [-0.39, 0.29) is 13.2 Å². The molecule has 1 N–H and O–H groups in total. The van der Waals surface area contributed by atoms with Crippen LogP contribution in [0.25, 0.3) is 0 Å². The molecule has 3 rings (SSSR count). The largest absolute Gasteiger partial charge is 0.463 e. The lowest BCUT2D eigenvalue weighted by molar-refractivity contribution is -0.158. The molecule has 1 fully saturated rings. The summed E-state index contributed by atoms with van der Waals surface area (Å²) in [4.78, 5) is 48.8. The zero-order valence-corrected chi connectivity index (χ0v) is 16.5. The molecular weight excluding hydrogens is 396 g/mol. The van der Waals surface area contributed by atoms with Crippen molar-refractivity contribution in [3.8, 4) is 0 Å². The fraction of sp³-hybridized carbons (Fsp3) is 0.400. The first-order chi connectivity index (χ1) is 14.3. The predicted molar refractivity (Wildman–Crippen MR) is 102 cm³/mol. The fourth-order valence-corrected chi connectivity index (χ4v) is 3.18. The Bertz CT molecular complexity index is 1000. The lowest BCUT2D eigenvalue weighted by Crippen LogP contribution is -2.41. The van der Waals surface area contributed by atoms with Crippen LogP contribution in [0.15, 0.2) is 52.2 Å². The average molecular weight is 418 g/mol. The maximum absolute atomic E-state index is 12.3. The SMILES string of the molecule is CC(=O)OC[C@@H]1O[C@H](n2ccc(=O)[nH]c2=O)[C@@H](OC(C)=O)[C@H]1OCc1ccccc1. The second kappa shape index (κ2) is 9.51. The molecule has 0 amide bonds. The number of benzene rings is 1. The van der Waals surface area contributed by atoms with Crippen molar-refractivity contribution in [3.63, 3.8) is 0 Å². The molecule has 1 aromatic heterocycles. The van der Waals surface area contributed by atoms with Gasteiger partial charge in [-0.15, -0.1) is 0 Å². The summed E-state index contributed by atoms with van der Waals surface area (Å²) < 4.78 is 23.5. The molecule has 0 bridgehead atoms. The number of esters is 2. The van der Waals surface area contributed by atoms with Gasteiger partial charge < -0.3 is 18.9 Å². The van der Waals surface area contributed by atoms with Gasteiger partial charge in [0.25, 0.3) is 5.56 Å². The van der Waals surface area contributed by atoms with E-state index >= 15 is 0 Å². The van der Waals surface area contributed by atoms with Crippen LogP contribution < -0.4 is 11.2 Å². The molecular formula is C20H22N2O8. The second-order valence-electron chi connectivity index (χ2n) is 6.72. The van der Waals surface area contributed by atoms with Crippen molar-refractivity contribution >= 4 is 11.9 Å². The molecule has 0 radical (unpaired) electrons. The monoisotopic (exact) mass is 418 g/mol. The lowest BCUT2D eigenvalue weighted by atomic mass is 10.1. The summed E-state index contributed by atoms with van der Waals surface area (Å²) in [5, 5.41) is 0. The van der Waals surface area contributed by atoms with Crippen LogP contribution >= 0.6 is 0 Å². The molecule has 2 heterocycles. The van der Waals surface area contributed by atoms with Crippen LogP contribution in [0.1, 0.15) is 25.6 Å². The Labute approximate surface area is 171 Å². The molecule has 1 saturated heterocycles. The van der Waals surface area contributed by atoms with E-state index in [4.69, 9.17) is 18.9 Å². The molecule has 0 saturated carbocycles. The van der Waals surface area contributed by atoms with Gasteiger partial charge in [0, 0.05) is 26.1 Å². The van der Waals surface area contributed by atoms with Crippen LogP contribution in [0.5, 0.6) is 0 Å². The van der Waals surface area contributed by atoms with Crippen molar-refractivity contribution in [2.24, 2.45) is 0 Å². The number of H-pyrrole nitrogens is 1. The number of carbonyl (C=O) groups is 2. The van der Waals surface area contributed by atoms with Gasteiger partial charge in [-0.1, -0.05) is 30.3 Å². The summed E-state index contributed by atoms with van der Waals surface area (Å²) >= 11 is 0. The van der Waals surface area contributed by atoms with Crippen molar-refractivity contribution < 1.29 is 28.5 Å². The van der Waals surface area contributed by atoms with Crippen molar-refractivity contribution in [1.82, 2.24) is 9.55 Å². The van der Waals surface area contributed by atoms with Gasteiger partial charge in [-0.2, -0.15) is 0 Å². The highest BCUT2D eigenvalue weighted by Gasteiger charge is 2.49. The summed E-state index contributed by atoms with van der Waals surface area (Å²) in [6, 6.07) is 10.4. The summed E-state index contributed by atoms with van der Waals surface area (Å²) in [7, 11) is 0. The van der Waals surface area contributed by atoms with Gasteiger partial charge >= 0.3 is 17.6 Å². The number of rotatable bonds is 7. The highest BCUT2D eigenvalue weighted by atomic mass is 16.6. The van der Waals surface area contributed by atoms with Gasteiger partial charge in [0.2, 0.25) is 0 Å². The van der Waals surface area contributed by atoms with Crippen LogP contribution in [-0.4, -0.2) is 46.4 Å². The molecule has 0 aliphatic carbocycles. The van der Waals surface area contributed by atoms with Crippen LogP contribution in [0.3, 0.4) is 0 Å². The number of aromatic nitrogens is 2. The molecule has 30 heavy (non-hydrogen) atoms. The second-order valence-corrected chi connectivity index (χ2v) is 6.72. The van der Waals surface area contributed by atoms with Crippen molar-refractivity contribution in [3.05, 3.63) is 69.0 Å². The van der Waals surface area contributed by atoms with E-state index in [9.17, 15) is 19.2 Å². The van der Waals surface area contributed by atoms with Gasteiger partial charge in [0.15, 0.2) is 12.3 Å². The Morgan fingerprint density at radius 2 is 1.80 bits per heavy atom. The molecule has 10 nitrogen and oxygen atoms in total. The van der Waals surface area contributed by atoms with Crippen molar-refractivity contribution in [2.75, 3.05) is 6.61 Å².